The monoisotopic (exact) mass is 504 g/mol. The summed E-state index contributed by atoms with van der Waals surface area (Å²) in [4.78, 5) is 18.9. The second-order valence-electron chi connectivity index (χ2n) is 6.37. The van der Waals surface area contributed by atoms with Crippen LogP contribution in [0.3, 0.4) is 0 Å². The number of hydrogen-bond donors (Lipinski definition) is 2. The van der Waals surface area contributed by atoms with Crippen molar-refractivity contribution in [2.75, 3.05) is 4.72 Å². The van der Waals surface area contributed by atoms with Gasteiger partial charge < -0.3 is 10.1 Å². The van der Waals surface area contributed by atoms with Gasteiger partial charge in [0.2, 0.25) is 0 Å². The molecule has 8 nitrogen and oxygen atoms in total. The van der Waals surface area contributed by atoms with Crippen molar-refractivity contribution in [2.24, 2.45) is 0 Å². The number of nitrogens with one attached hydrogen (secondary N) is 2. The molecule has 0 aliphatic carbocycles. The van der Waals surface area contributed by atoms with Crippen molar-refractivity contribution in [1.29, 1.82) is 0 Å². The van der Waals surface area contributed by atoms with Crippen molar-refractivity contribution in [3.63, 3.8) is 0 Å². The highest BCUT2D eigenvalue weighted by atomic mass is 35.5. The van der Waals surface area contributed by atoms with E-state index in [0.717, 1.165) is 30.3 Å². The summed E-state index contributed by atoms with van der Waals surface area (Å²) < 4.78 is 81.9. The second-order valence-corrected chi connectivity index (χ2v) is 8.43. The molecule has 3 aromatic rings. The number of anilines is 1. The molecule has 0 fully saturated rings. The number of hydrogen-bond acceptors (Lipinski definition) is 6. The minimum Gasteiger partial charge on any atom is -0.404 e. The smallest absolute Gasteiger partial charge is 0.404 e. The van der Waals surface area contributed by atoms with Gasteiger partial charge in [-0.05, 0) is 35.9 Å². The van der Waals surface area contributed by atoms with Crippen LogP contribution in [0.1, 0.15) is 15.9 Å². The highest BCUT2D eigenvalue weighted by molar-refractivity contribution is 7.92. The summed E-state index contributed by atoms with van der Waals surface area (Å²) in [5, 5.41) is 2.10. The molecule has 14 heteroatoms. The molecule has 3 rings (SSSR count). The summed E-state index contributed by atoms with van der Waals surface area (Å²) in [5.41, 5.74) is 0.179. The zero-order chi connectivity index (χ0) is 24.2. The first-order valence-electron chi connectivity index (χ1n) is 8.84. The van der Waals surface area contributed by atoms with Crippen molar-refractivity contribution >= 4 is 33.2 Å². The van der Waals surface area contributed by atoms with Crippen LogP contribution in [0.15, 0.2) is 60.0 Å². The van der Waals surface area contributed by atoms with Gasteiger partial charge in [-0.15, -0.1) is 13.2 Å². The summed E-state index contributed by atoms with van der Waals surface area (Å²) >= 11 is 5.75. The Morgan fingerprint density at radius 1 is 1.09 bits per heavy atom. The zero-order valence-electron chi connectivity index (χ0n) is 16.2. The topological polar surface area (TPSA) is 110 Å². The average molecular weight is 505 g/mol. The van der Waals surface area contributed by atoms with E-state index < -0.39 is 38.8 Å². The molecule has 1 heterocycles. The summed E-state index contributed by atoms with van der Waals surface area (Å²) in [7, 11) is -4.31. The number of carbonyl (C=O) groups is 1. The van der Waals surface area contributed by atoms with Gasteiger partial charge in [0.25, 0.3) is 15.9 Å². The Morgan fingerprint density at radius 3 is 2.39 bits per heavy atom. The molecular formula is C19H13ClF4N4O4S. The molecule has 0 aliphatic rings. The normalized spacial score (nSPS) is 11.7. The Balaban J connectivity index is 1.68. The molecule has 33 heavy (non-hydrogen) atoms. The average Bonchev–Trinajstić information content (AvgIpc) is 2.73. The van der Waals surface area contributed by atoms with E-state index in [4.69, 9.17) is 11.6 Å². The van der Waals surface area contributed by atoms with Gasteiger partial charge in [-0.1, -0.05) is 17.7 Å². The van der Waals surface area contributed by atoms with Crippen molar-refractivity contribution in [2.45, 2.75) is 17.8 Å². The van der Waals surface area contributed by atoms with E-state index in [0.29, 0.717) is 5.56 Å². The lowest BCUT2D eigenvalue weighted by atomic mass is 10.2. The van der Waals surface area contributed by atoms with E-state index in [2.05, 4.69) is 24.7 Å². The van der Waals surface area contributed by atoms with E-state index in [9.17, 15) is 30.8 Å². The van der Waals surface area contributed by atoms with Gasteiger partial charge in [-0.25, -0.2) is 22.8 Å². The maximum absolute atomic E-state index is 14.5. The summed E-state index contributed by atoms with van der Waals surface area (Å²) in [6, 6.07) is 6.15. The largest absolute Gasteiger partial charge is 0.573 e. The van der Waals surface area contributed by atoms with Crippen LogP contribution in [0.5, 0.6) is 5.75 Å². The Hall–Kier alpha value is -3.45. The highest BCUT2D eigenvalue weighted by Crippen LogP contribution is 2.30. The van der Waals surface area contributed by atoms with Gasteiger partial charge in [-0.2, -0.15) is 0 Å². The predicted molar refractivity (Wildman–Crippen MR) is 109 cm³/mol. The molecule has 0 aliphatic heterocycles. The fourth-order valence-corrected chi connectivity index (χ4v) is 3.90. The van der Waals surface area contributed by atoms with Crippen molar-refractivity contribution in [3.8, 4) is 5.75 Å². The number of nitrogens with zero attached hydrogens (tertiary/aromatic N) is 2. The van der Waals surface area contributed by atoms with Crippen LogP contribution in [0, 0.1) is 5.82 Å². The van der Waals surface area contributed by atoms with Gasteiger partial charge in [-0.3, -0.25) is 9.52 Å². The van der Waals surface area contributed by atoms with Crippen LogP contribution in [0.2, 0.25) is 5.02 Å². The SMILES string of the molecule is O=C(NCc1ccc(OC(F)(F)F)c(Cl)c1)c1ccc(S(=O)(=O)Nc2cncnc2)c(F)c1. The fraction of sp³-hybridized carbons (Fsp3) is 0.105. The summed E-state index contributed by atoms with van der Waals surface area (Å²) in [5.74, 6) is -2.54. The molecule has 0 bridgehead atoms. The van der Waals surface area contributed by atoms with Crippen LogP contribution < -0.4 is 14.8 Å². The van der Waals surface area contributed by atoms with E-state index in [1.165, 1.54) is 24.8 Å². The van der Waals surface area contributed by atoms with Gasteiger partial charge in [0.1, 0.15) is 22.8 Å². The van der Waals surface area contributed by atoms with Crippen LogP contribution in [0.4, 0.5) is 23.2 Å². The third-order valence-electron chi connectivity index (χ3n) is 3.97. The van der Waals surface area contributed by atoms with Crippen molar-refractivity contribution in [3.05, 3.63) is 77.1 Å². The Labute approximate surface area is 189 Å². The number of carbonyl (C=O) groups excluding carboxylic acids is 1. The molecule has 0 spiro atoms. The van der Waals surface area contributed by atoms with Gasteiger partial charge in [0, 0.05) is 12.1 Å². The van der Waals surface area contributed by atoms with E-state index in [-0.39, 0.29) is 22.8 Å². The van der Waals surface area contributed by atoms with Crippen LogP contribution in [-0.4, -0.2) is 30.7 Å². The van der Waals surface area contributed by atoms with Crippen LogP contribution in [-0.2, 0) is 16.6 Å². The quantitative estimate of drug-likeness (QED) is 0.472. The lowest BCUT2D eigenvalue weighted by Gasteiger charge is -2.12. The number of ether oxygens (including phenoxy) is 1. The molecule has 1 aromatic heterocycles. The number of aromatic nitrogens is 2. The third-order valence-corrected chi connectivity index (χ3v) is 5.68. The molecule has 0 unspecified atom stereocenters. The maximum atomic E-state index is 14.5. The van der Waals surface area contributed by atoms with E-state index >= 15 is 0 Å². The maximum Gasteiger partial charge on any atom is 0.573 e. The minimum atomic E-state index is -4.91. The number of halogens is 5. The molecule has 2 aromatic carbocycles. The number of alkyl halides is 3. The number of amides is 1. The molecular weight excluding hydrogens is 492 g/mol. The first-order chi connectivity index (χ1) is 15.4. The first kappa shape index (κ1) is 24.2. The standard InChI is InChI=1S/C19H13ClF4N4O4S/c20-14-5-11(1-3-16(14)32-19(22,23)24)7-27-18(29)12-2-4-17(15(21)6-12)33(30,31)28-13-8-25-10-26-9-13/h1-6,8-10,28H,7H2,(H,27,29). The molecule has 0 radical (unpaired) electrons. The third kappa shape index (κ3) is 6.52. The number of sulfonamides is 1. The van der Waals surface area contributed by atoms with Crippen molar-refractivity contribution < 1.29 is 35.5 Å². The van der Waals surface area contributed by atoms with E-state index in [1.54, 1.807) is 0 Å². The lowest BCUT2D eigenvalue weighted by molar-refractivity contribution is -0.274. The van der Waals surface area contributed by atoms with Crippen molar-refractivity contribution in [1.82, 2.24) is 15.3 Å². The summed E-state index contributed by atoms with van der Waals surface area (Å²) in [6.07, 6.45) is -1.37. The first-order valence-corrected chi connectivity index (χ1v) is 10.7. The zero-order valence-corrected chi connectivity index (χ0v) is 17.8. The molecule has 0 saturated carbocycles. The Morgan fingerprint density at radius 2 is 1.79 bits per heavy atom. The molecule has 2 N–H and O–H groups in total. The number of rotatable bonds is 7. The molecule has 0 atom stereocenters. The molecule has 1 amide bonds. The van der Waals surface area contributed by atoms with Gasteiger partial charge >= 0.3 is 6.36 Å². The molecule has 0 saturated heterocycles. The van der Waals surface area contributed by atoms with Crippen LogP contribution >= 0.6 is 11.6 Å². The van der Waals surface area contributed by atoms with E-state index in [1.807, 2.05) is 0 Å². The minimum absolute atomic E-state index is 0.0176. The molecule has 174 valence electrons. The predicted octanol–water partition coefficient (Wildman–Crippen LogP) is 3.90. The Kier molecular flexibility index (Phi) is 7.03. The van der Waals surface area contributed by atoms with Gasteiger partial charge in [0.15, 0.2) is 0 Å². The lowest BCUT2D eigenvalue weighted by Crippen LogP contribution is -2.23. The van der Waals surface area contributed by atoms with Gasteiger partial charge in [0.05, 0.1) is 23.1 Å². The highest BCUT2D eigenvalue weighted by Gasteiger charge is 2.32. The Bertz CT molecular complexity index is 1270. The number of benzene rings is 2. The fourth-order valence-electron chi connectivity index (χ4n) is 2.57. The van der Waals surface area contributed by atoms with Crippen LogP contribution in [0.25, 0.3) is 0 Å². The second kappa shape index (κ2) is 9.58. The summed E-state index contributed by atoms with van der Waals surface area (Å²) in [6.45, 7) is -0.151.